The maximum atomic E-state index is 12.9. The molecule has 0 unspecified atom stereocenters. The minimum atomic E-state index is -0.301. The normalized spacial score (nSPS) is 16.6. The second-order valence-corrected chi connectivity index (χ2v) is 9.17. The Hall–Kier alpha value is -2.93. The average Bonchev–Trinajstić information content (AvgIpc) is 3.36. The van der Waals surface area contributed by atoms with Gasteiger partial charge in [0.15, 0.2) is 0 Å². The van der Waals surface area contributed by atoms with Crippen LogP contribution in [0.5, 0.6) is 5.88 Å². The van der Waals surface area contributed by atoms with Gasteiger partial charge in [-0.3, -0.25) is 9.59 Å². The van der Waals surface area contributed by atoms with Crippen LogP contribution in [-0.4, -0.2) is 47.1 Å². The molecule has 8 heteroatoms. The number of halogens is 1. The van der Waals surface area contributed by atoms with Crippen LogP contribution in [0.4, 0.5) is 5.69 Å². The molecular formula is C25H29ClN4O3. The highest BCUT2D eigenvalue weighted by molar-refractivity contribution is 6.31. The van der Waals surface area contributed by atoms with E-state index in [4.69, 9.17) is 16.3 Å². The van der Waals surface area contributed by atoms with Crippen molar-refractivity contribution in [2.24, 2.45) is 5.92 Å². The summed E-state index contributed by atoms with van der Waals surface area (Å²) in [5, 5.41) is 11.2. The number of ether oxygens (including phenoxy) is 1. The Labute approximate surface area is 199 Å². The summed E-state index contributed by atoms with van der Waals surface area (Å²) < 4.78 is 5.07. The summed E-state index contributed by atoms with van der Waals surface area (Å²) in [5.74, 6) is 0.510. The van der Waals surface area contributed by atoms with Gasteiger partial charge in [-0.25, -0.2) is 0 Å². The number of likely N-dealkylation sites (tertiary alicyclic amines) is 1. The SMILES string of the molecule is COc1cc(C(=O)Nc2c(C)cc(Cl)cc2C=C2CCN(C(=O)C3CCCC3)CC2)cnn1. The molecule has 0 bridgehead atoms. The first kappa shape index (κ1) is 23.2. The number of nitrogens with zero attached hydrogens (tertiary/aromatic N) is 3. The minimum Gasteiger partial charge on any atom is -0.480 e. The first-order valence-electron chi connectivity index (χ1n) is 11.4. The van der Waals surface area contributed by atoms with E-state index in [2.05, 4.69) is 21.6 Å². The molecule has 2 heterocycles. The molecule has 0 spiro atoms. The standard InChI is InChI=1S/C25H29ClN4O3/c1-16-11-21(26)13-19(23(16)28-24(31)20-14-22(33-2)29-27-15-20)12-17-7-9-30(10-8-17)25(32)18-5-3-4-6-18/h11-15,18H,3-10H2,1-2H3,(H,28,31). The Morgan fingerprint density at radius 1 is 1.18 bits per heavy atom. The summed E-state index contributed by atoms with van der Waals surface area (Å²) in [5.41, 5.74) is 4.03. The van der Waals surface area contributed by atoms with E-state index in [1.54, 1.807) is 6.07 Å². The van der Waals surface area contributed by atoms with Gasteiger partial charge < -0.3 is 15.0 Å². The summed E-state index contributed by atoms with van der Waals surface area (Å²) in [6.45, 7) is 3.40. The zero-order valence-electron chi connectivity index (χ0n) is 19.1. The Balaban J connectivity index is 1.50. The Morgan fingerprint density at radius 3 is 2.61 bits per heavy atom. The fourth-order valence-electron chi connectivity index (χ4n) is 4.62. The lowest BCUT2D eigenvalue weighted by molar-refractivity contribution is -0.135. The summed E-state index contributed by atoms with van der Waals surface area (Å²) in [4.78, 5) is 27.6. The van der Waals surface area contributed by atoms with Crippen molar-refractivity contribution in [2.45, 2.75) is 45.4 Å². The highest BCUT2D eigenvalue weighted by atomic mass is 35.5. The largest absolute Gasteiger partial charge is 0.480 e. The molecule has 1 saturated carbocycles. The van der Waals surface area contributed by atoms with Gasteiger partial charge in [-0.05, 0) is 55.9 Å². The highest BCUT2D eigenvalue weighted by Crippen LogP contribution is 2.32. The number of benzene rings is 1. The maximum absolute atomic E-state index is 12.9. The minimum absolute atomic E-state index is 0.217. The molecule has 1 N–H and O–H groups in total. The van der Waals surface area contributed by atoms with Crippen LogP contribution in [0, 0.1) is 12.8 Å². The first-order chi connectivity index (χ1) is 15.9. The molecule has 33 heavy (non-hydrogen) atoms. The van der Waals surface area contributed by atoms with Crippen LogP contribution < -0.4 is 10.1 Å². The zero-order valence-corrected chi connectivity index (χ0v) is 19.8. The quantitative estimate of drug-likeness (QED) is 0.674. The van der Waals surface area contributed by atoms with Gasteiger partial charge in [0.05, 0.1) is 24.6 Å². The van der Waals surface area contributed by atoms with Gasteiger partial charge in [0, 0.05) is 30.1 Å². The van der Waals surface area contributed by atoms with Gasteiger partial charge in [0.1, 0.15) is 0 Å². The number of aryl methyl sites for hydroxylation is 1. The number of carbonyl (C=O) groups excluding carboxylic acids is 2. The van der Waals surface area contributed by atoms with Gasteiger partial charge in [0.25, 0.3) is 5.91 Å². The predicted octanol–water partition coefficient (Wildman–Crippen LogP) is 4.90. The van der Waals surface area contributed by atoms with Crippen molar-refractivity contribution < 1.29 is 14.3 Å². The lowest BCUT2D eigenvalue weighted by Crippen LogP contribution is -2.39. The van der Waals surface area contributed by atoms with E-state index in [0.29, 0.717) is 22.2 Å². The Bertz CT molecular complexity index is 1070. The number of rotatable bonds is 5. The topological polar surface area (TPSA) is 84.4 Å². The number of anilines is 1. The predicted molar refractivity (Wildman–Crippen MR) is 128 cm³/mol. The van der Waals surface area contributed by atoms with Crippen molar-refractivity contribution in [3.8, 4) is 5.88 Å². The molecule has 2 aliphatic rings. The molecule has 0 radical (unpaired) electrons. The number of aromatic nitrogens is 2. The lowest BCUT2D eigenvalue weighted by atomic mass is 9.97. The molecule has 1 saturated heterocycles. The van der Waals surface area contributed by atoms with E-state index >= 15 is 0 Å². The molecule has 1 aliphatic carbocycles. The van der Waals surface area contributed by atoms with Crippen LogP contribution >= 0.6 is 11.6 Å². The molecule has 4 rings (SSSR count). The molecule has 1 aromatic carbocycles. The summed E-state index contributed by atoms with van der Waals surface area (Å²) in [7, 11) is 1.48. The monoisotopic (exact) mass is 468 g/mol. The molecule has 7 nitrogen and oxygen atoms in total. The number of nitrogens with one attached hydrogen (secondary N) is 1. The third-order valence-electron chi connectivity index (χ3n) is 6.45. The van der Waals surface area contributed by atoms with Crippen molar-refractivity contribution in [3.63, 3.8) is 0 Å². The van der Waals surface area contributed by atoms with E-state index in [0.717, 1.165) is 49.9 Å². The van der Waals surface area contributed by atoms with E-state index in [1.807, 2.05) is 24.0 Å². The van der Waals surface area contributed by atoms with Crippen LogP contribution in [0.15, 0.2) is 30.0 Å². The summed E-state index contributed by atoms with van der Waals surface area (Å²) in [6, 6.07) is 5.23. The van der Waals surface area contributed by atoms with Crippen LogP contribution in [0.2, 0.25) is 5.02 Å². The first-order valence-corrected chi connectivity index (χ1v) is 11.8. The van der Waals surface area contributed by atoms with Crippen molar-refractivity contribution in [1.29, 1.82) is 0 Å². The highest BCUT2D eigenvalue weighted by Gasteiger charge is 2.28. The van der Waals surface area contributed by atoms with Crippen molar-refractivity contribution in [2.75, 3.05) is 25.5 Å². The number of carbonyl (C=O) groups is 2. The average molecular weight is 469 g/mol. The number of methoxy groups -OCH3 is 1. The van der Waals surface area contributed by atoms with Gasteiger partial charge in [-0.15, -0.1) is 5.10 Å². The van der Waals surface area contributed by atoms with Gasteiger partial charge in [-0.2, -0.15) is 5.10 Å². The van der Waals surface area contributed by atoms with E-state index in [-0.39, 0.29) is 17.7 Å². The Kier molecular flexibility index (Phi) is 7.28. The lowest BCUT2D eigenvalue weighted by Gasteiger charge is -2.30. The van der Waals surface area contributed by atoms with Crippen LogP contribution in [0.3, 0.4) is 0 Å². The van der Waals surface area contributed by atoms with Crippen molar-refractivity contribution in [3.05, 3.63) is 51.7 Å². The molecule has 2 amide bonds. The van der Waals surface area contributed by atoms with Gasteiger partial charge >= 0.3 is 0 Å². The third kappa shape index (κ3) is 5.53. The fourth-order valence-corrected chi connectivity index (χ4v) is 4.90. The van der Waals surface area contributed by atoms with E-state index < -0.39 is 0 Å². The number of piperidine rings is 1. The zero-order chi connectivity index (χ0) is 23.4. The van der Waals surface area contributed by atoms with E-state index in [9.17, 15) is 9.59 Å². The summed E-state index contributed by atoms with van der Waals surface area (Å²) in [6.07, 6.45) is 9.53. The molecule has 174 valence electrons. The Morgan fingerprint density at radius 2 is 1.91 bits per heavy atom. The summed E-state index contributed by atoms with van der Waals surface area (Å²) >= 11 is 6.34. The van der Waals surface area contributed by atoms with Crippen molar-refractivity contribution >= 4 is 35.2 Å². The molecule has 2 aromatic rings. The molecule has 0 atom stereocenters. The molecule has 2 fully saturated rings. The van der Waals surface area contributed by atoms with Crippen LogP contribution in [0.25, 0.3) is 6.08 Å². The van der Waals surface area contributed by atoms with E-state index in [1.165, 1.54) is 31.7 Å². The third-order valence-corrected chi connectivity index (χ3v) is 6.67. The molecule has 1 aromatic heterocycles. The maximum Gasteiger partial charge on any atom is 0.257 e. The van der Waals surface area contributed by atoms with Gasteiger partial charge in [0.2, 0.25) is 11.8 Å². The fraction of sp³-hybridized carbons (Fsp3) is 0.440. The number of hydrogen-bond donors (Lipinski definition) is 1. The number of hydrogen-bond acceptors (Lipinski definition) is 5. The van der Waals surface area contributed by atoms with Crippen LogP contribution in [-0.2, 0) is 4.79 Å². The molecular weight excluding hydrogens is 440 g/mol. The van der Waals surface area contributed by atoms with Crippen LogP contribution in [0.1, 0.15) is 60.0 Å². The number of amides is 2. The van der Waals surface area contributed by atoms with Crippen molar-refractivity contribution in [1.82, 2.24) is 15.1 Å². The van der Waals surface area contributed by atoms with Gasteiger partial charge in [-0.1, -0.05) is 36.1 Å². The second kappa shape index (κ2) is 10.3. The molecule has 1 aliphatic heterocycles. The second-order valence-electron chi connectivity index (χ2n) is 8.74. The smallest absolute Gasteiger partial charge is 0.257 e.